The molecule has 2 aromatic rings. The molecule has 1 fully saturated rings. The van der Waals surface area contributed by atoms with Crippen molar-refractivity contribution in [3.05, 3.63) is 48.2 Å². The number of nitrogens with zero attached hydrogens (tertiary/aromatic N) is 3. The Labute approximate surface area is 142 Å². The number of amides is 1. The lowest BCUT2D eigenvalue weighted by atomic mass is 9.97. The van der Waals surface area contributed by atoms with E-state index in [0.717, 1.165) is 31.6 Å². The van der Waals surface area contributed by atoms with Gasteiger partial charge in [0.2, 0.25) is 11.9 Å². The first-order valence-corrected chi connectivity index (χ1v) is 8.37. The summed E-state index contributed by atoms with van der Waals surface area (Å²) in [7, 11) is 0. The first kappa shape index (κ1) is 16.2. The molecule has 0 spiro atoms. The van der Waals surface area contributed by atoms with Gasteiger partial charge in [0.1, 0.15) is 5.82 Å². The Balaban J connectivity index is 1.51. The fourth-order valence-corrected chi connectivity index (χ4v) is 3.06. The summed E-state index contributed by atoms with van der Waals surface area (Å²) in [5.74, 6) is 1.18. The van der Waals surface area contributed by atoms with Crippen molar-refractivity contribution in [1.82, 2.24) is 15.3 Å². The van der Waals surface area contributed by atoms with E-state index in [9.17, 15) is 4.79 Å². The molecule has 0 bridgehead atoms. The van der Waals surface area contributed by atoms with E-state index in [-0.39, 0.29) is 17.8 Å². The molecule has 1 aliphatic heterocycles. The maximum absolute atomic E-state index is 12.4. The lowest BCUT2D eigenvalue weighted by molar-refractivity contribution is -0.125. The van der Waals surface area contributed by atoms with Gasteiger partial charge in [-0.15, -0.1) is 0 Å². The largest absolute Gasteiger partial charge is 0.368 e. The molecule has 1 unspecified atom stereocenters. The monoisotopic (exact) mass is 325 g/mol. The molecule has 0 saturated carbocycles. The standard InChI is InChI=1S/C18H23N5O/c19-18-21-11-9-16(22-18)23-12-4-7-15(13-23)17(24)20-10-8-14-5-2-1-3-6-14/h1-3,5-6,9,11,15H,4,7-8,10,12-13H2,(H,20,24)(H2,19,21,22). The van der Waals surface area contributed by atoms with Gasteiger partial charge in [-0.3, -0.25) is 4.79 Å². The molecule has 0 radical (unpaired) electrons. The zero-order valence-corrected chi connectivity index (χ0v) is 13.7. The van der Waals surface area contributed by atoms with Gasteiger partial charge in [0.05, 0.1) is 5.92 Å². The summed E-state index contributed by atoms with van der Waals surface area (Å²) in [5, 5.41) is 3.06. The molecule has 2 heterocycles. The second kappa shape index (κ2) is 7.77. The highest BCUT2D eigenvalue weighted by molar-refractivity contribution is 5.79. The third-order valence-electron chi connectivity index (χ3n) is 4.33. The molecule has 3 N–H and O–H groups in total. The Kier molecular flexibility index (Phi) is 5.25. The SMILES string of the molecule is Nc1nccc(N2CCCC(C(=O)NCCc3ccccc3)C2)n1. The van der Waals surface area contributed by atoms with E-state index < -0.39 is 0 Å². The van der Waals surface area contributed by atoms with Gasteiger partial charge < -0.3 is 16.0 Å². The second-order valence-electron chi connectivity index (χ2n) is 6.08. The van der Waals surface area contributed by atoms with Crippen LogP contribution in [0.2, 0.25) is 0 Å². The minimum absolute atomic E-state index is 0.00860. The summed E-state index contributed by atoms with van der Waals surface area (Å²) in [5.41, 5.74) is 6.89. The Morgan fingerprint density at radius 3 is 2.92 bits per heavy atom. The molecule has 1 amide bonds. The number of hydrogen-bond donors (Lipinski definition) is 2. The molecule has 1 aromatic carbocycles. The highest BCUT2D eigenvalue weighted by atomic mass is 16.1. The maximum atomic E-state index is 12.4. The van der Waals surface area contributed by atoms with Gasteiger partial charge in [-0.25, -0.2) is 4.98 Å². The van der Waals surface area contributed by atoms with E-state index in [4.69, 9.17) is 5.73 Å². The van der Waals surface area contributed by atoms with Crippen molar-refractivity contribution in [2.45, 2.75) is 19.3 Å². The van der Waals surface area contributed by atoms with Crippen molar-refractivity contribution < 1.29 is 4.79 Å². The first-order chi connectivity index (χ1) is 11.7. The molecule has 6 nitrogen and oxygen atoms in total. The molecule has 1 atom stereocenters. The van der Waals surface area contributed by atoms with Crippen molar-refractivity contribution in [3.8, 4) is 0 Å². The highest BCUT2D eigenvalue weighted by Gasteiger charge is 2.26. The molecule has 1 aromatic heterocycles. The first-order valence-electron chi connectivity index (χ1n) is 8.37. The molecular formula is C18H23N5O. The summed E-state index contributed by atoms with van der Waals surface area (Å²) in [6.07, 6.45) is 4.39. The lowest BCUT2D eigenvalue weighted by Gasteiger charge is -2.32. The molecule has 126 valence electrons. The van der Waals surface area contributed by atoms with E-state index >= 15 is 0 Å². The van der Waals surface area contributed by atoms with Crippen LogP contribution >= 0.6 is 0 Å². The molecule has 1 aliphatic rings. The van der Waals surface area contributed by atoms with Gasteiger partial charge in [0.25, 0.3) is 0 Å². The molecule has 6 heteroatoms. The zero-order chi connectivity index (χ0) is 16.8. The van der Waals surface area contributed by atoms with Gasteiger partial charge in [-0.1, -0.05) is 30.3 Å². The second-order valence-corrected chi connectivity index (χ2v) is 6.08. The van der Waals surface area contributed by atoms with Crippen molar-refractivity contribution in [2.24, 2.45) is 5.92 Å². The van der Waals surface area contributed by atoms with Crippen LogP contribution in [0.4, 0.5) is 11.8 Å². The third-order valence-corrected chi connectivity index (χ3v) is 4.33. The molecule has 24 heavy (non-hydrogen) atoms. The van der Waals surface area contributed by atoms with Crippen LogP contribution in [0.25, 0.3) is 0 Å². The molecule has 0 aliphatic carbocycles. The summed E-state index contributed by atoms with van der Waals surface area (Å²) < 4.78 is 0. The number of anilines is 2. The number of carbonyl (C=O) groups is 1. The van der Waals surface area contributed by atoms with E-state index in [1.807, 2.05) is 24.3 Å². The number of nitrogens with two attached hydrogens (primary N) is 1. The summed E-state index contributed by atoms with van der Waals surface area (Å²) in [6.45, 7) is 2.23. The van der Waals surface area contributed by atoms with E-state index in [0.29, 0.717) is 13.1 Å². The van der Waals surface area contributed by atoms with Crippen LogP contribution in [0.15, 0.2) is 42.6 Å². The maximum Gasteiger partial charge on any atom is 0.224 e. The van der Waals surface area contributed by atoms with Crippen molar-refractivity contribution in [1.29, 1.82) is 0 Å². The highest BCUT2D eigenvalue weighted by Crippen LogP contribution is 2.21. The van der Waals surface area contributed by atoms with Crippen LogP contribution in [-0.2, 0) is 11.2 Å². The van der Waals surface area contributed by atoms with Crippen LogP contribution in [-0.4, -0.2) is 35.5 Å². The average molecular weight is 325 g/mol. The van der Waals surface area contributed by atoms with Crippen molar-refractivity contribution in [2.75, 3.05) is 30.3 Å². The fraction of sp³-hybridized carbons (Fsp3) is 0.389. The van der Waals surface area contributed by atoms with Gasteiger partial charge in [0.15, 0.2) is 0 Å². The third kappa shape index (κ3) is 4.22. The summed E-state index contributed by atoms with van der Waals surface area (Å²) in [4.78, 5) is 22.7. The minimum atomic E-state index is -0.00860. The smallest absolute Gasteiger partial charge is 0.224 e. The van der Waals surface area contributed by atoms with Crippen molar-refractivity contribution in [3.63, 3.8) is 0 Å². The van der Waals surface area contributed by atoms with Gasteiger partial charge >= 0.3 is 0 Å². The topological polar surface area (TPSA) is 84.1 Å². The normalized spacial score (nSPS) is 17.5. The van der Waals surface area contributed by atoms with Crippen LogP contribution in [0.1, 0.15) is 18.4 Å². The molecule has 1 saturated heterocycles. The summed E-state index contributed by atoms with van der Waals surface area (Å²) >= 11 is 0. The van der Waals surface area contributed by atoms with Gasteiger partial charge in [-0.2, -0.15) is 4.98 Å². The predicted octanol–water partition coefficient (Wildman–Crippen LogP) is 1.63. The minimum Gasteiger partial charge on any atom is -0.368 e. The van der Waals surface area contributed by atoms with Crippen LogP contribution in [0.5, 0.6) is 0 Å². The number of benzene rings is 1. The van der Waals surface area contributed by atoms with Crippen LogP contribution in [0, 0.1) is 5.92 Å². The summed E-state index contributed by atoms with van der Waals surface area (Å²) in [6, 6.07) is 12.0. The van der Waals surface area contributed by atoms with Gasteiger partial charge in [0, 0.05) is 25.8 Å². The zero-order valence-electron chi connectivity index (χ0n) is 13.7. The number of piperidine rings is 1. The van der Waals surface area contributed by atoms with Crippen LogP contribution in [0.3, 0.4) is 0 Å². The number of aromatic nitrogens is 2. The lowest BCUT2D eigenvalue weighted by Crippen LogP contribution is -2.43. The Morgan fingerprint density at radius 1 is 1.29 bits per heavy atom. The average Bonchev–Trinajstić information content (AvgIpc) is 2.63. The molecular weight excluding hydrogens is 302 g/mol. The number of nitrogen functional groups attached to an aromatic ring is 1. The fourth-order valence-electron chi connectivity index (χ4n) is 3.06. The van der Waals surface area contributed by atoms with E-state index in [1.165, 1.54) is 5.56 Å². The van der Waals surface area contributed by atoms with Gasteiger partial charge in [-0.05, 0) is 30.9 Å². The van der Waals surface area contributed by atoms with E-state index in [1.54, 1.807) is 6.20 Å². The van der Waals surface area contributed by atoms with Crippen molar-refractivity contribution >= 4 is 17.7 Å². The van der Waals surface area contributed by atoms with Crippen LogP contribution < -0.4 is 16.0 Å². The van der Waals surface area contributed by atoms with E-state index in [2.05, 4.69) is 32.3 Å². The number of nitrogens with one attached hydrogen (secondary N) is 1. The number of rotatable bonds is 5. The predicted molar refractivity (Wildman–Crippen MR) is 94.5 cm³/mol. The quantitative estimate of drug-likeness (QED) is 0.873. The Morgan fingerprint density at radius 2 is 2.12 bits per heavy atom. The Hall–Kier alpha value is -2.63. The number of hydrogen-bond acceptors (Lipinski definition) is 5. The Bertz CT molecular complexity index is 676. The molecule has 3 rings (SSSR count). The number of carbonyl (C=O) groups excluding carboxylic acids is 1.